The number of nitrogens with one attached hydrogen (secondary N) is 2. The lowest BCUT2D eigenvalue weighted by Gasteiger charge is -2.15. The van der Waals surface area contributed by atoms with Crippen LogP contribution in [0.2, 0.25) is 0 Å². The van der Waals surface area contributed by atoms with Gasteiger partial charge < -0.3 is 5.32 Å². The number of carbonyl (C=O) groups is 1. The Hall–Kier alpha value is -3.03. The molecule has 0 saturated heterocycles. The standard InChI is InChI=1S/C25H27FN2O3S/c1-18(2)15-16-27-25(29)24-10-6-5-9-23(24)22-8-4-3-7-19(22)17-28-32(30,31)21-13-11-20(26)12-14-21/h3-14,18,28H,15-17H2,1-2H3,(H,27,29). The second-order valence-corrected chi connectivity index (χ2v) is 9.69. The highest BCUT2D eigenvalue weighted by molar-refractivity contribution is 7.89. The summed E-state index contributed by atoms with van der Waals surface area (Å²) in [6.45, 7) is 4.82. The molecule has 2 N–H and O–H groups in total. The highest BCUT2D eigenvalue weighted by Crippen LogP contribution is 2.27. The first-order valence-corrected chi connectivity index (χ1v) is 12.0. The Labute approximate surface area is 188 Å². The number of sulfonamides is 1. The number of carbonyl (C=O) groups excluding carboxylic acids is 1. The fraction of sp³-hybridized carbons (Fsp3) is 0.240. The van der Waals surface area contributed by atoms with E-state index in [9.17, 15) is 17.6 Å². The van der Waals surface area contributed by atoms with Crippen molar-refractivity contribution in [1.29, 1.82) is 0 Å². The zero-order valence-corrected chi connectivity index (χ0v) is 19.0. The first-order chi connectivity index (χ1) is 15.3. The van der Waals surface area contributed by atoms with Gasteiger partial charge in [-0.25, -0.2) is 17.5 Å². The molecule has 0 aliphatic rings. The molecule has 3 aromatic rings. The van der Waals surface area contributed by atoms with Crippen molar-refractivity contribution < 1.29 is 17.6 Å². The van der Waals surface area contributed by atoms with Crippen molar-refractivity contribution in [2.75, 3.05) is 6.54 Å². The van der Waals surface area contributed by atoms with Crippen molar-refractivity contribution in [1.82, 2.24) is 10.0 Å². The molecule has 0 aliphatic heterocycles. The minimum Gasteiger partial charge on any atom is -0.352 e. The van der Waals surface area contributed by atoms with E-state index in [4.69, 9.17) is 0 Å². The summed E-state index contributed by atoms with van der Waals surface area (Å²) >= 11 is 0. The van der Waals surface area contributed by atoms with Crippen molar-refractivity contribution in [3.63, 3.8) is 0 Å². The number of rotatable bonds is 9. The monoisotopic (exact) mass is 454 g/mol. The van der Waals surface area contributed by atoms with Crippen molar-refractivity contribution in [2.45, 2.75) is 31.7 Å². The van der Waals surface area contributed by atoms with Gasteiger partial charge in [-0.15, -0.1) is 0 Å². The number of hydrogen-bond donors (Lipinski definition) is 2. The fourth-order valence-electron chi connectivity index (χ4n) is 3.29. The third-order valence-electron chi connectivity index (χ3n) is 5.06. The minimum absolute atomic E-state index is 0.0127. The average molecular weight is 455 g/mol. The van der Waals surface area contributed by atoms with E-state index in [-0.39, 0.29) is 17.3 Å². The van der Waals surface area contributed by atoms with E-state index in [2.05, 4.69) is 23.9 Å². The van der Waals surface area contributed by atoms with Gasteiger partial charge in [-0.2, -0.15) is 0 Å². The van der Waals surface area contributed by atoms with Gasteiger partial charge in [0.1, 0.15) is 5.82 Å². The van der Waals surface area contributed by atoms with E-state index in [0.717, 1.165) is 35.2 Å². The van der Waals surface area contributed by atoms with E-state index in [1.807, 2.05) is 36.4 Å². The van der Waals surface area contributed by atoms with Gasteiger partial charge in [0.25, 0.3) is 5.91 Å². The first-order valence-electron chi connectivity index (χ1n) is 10.5. The molecule has 0 spiro atoms. The summed E-state index contributed by atoms with van der Waals surface area (Å²) < 4.78 is 40.9. The number of benzene rings is 3. The van der Waals surface area contributed by atoms with Crippen LogP contribution in [0.1, 0.15) is 36.2 Å². The van der Waals surface area contributed by atoms with E-state index >= 15 is 0 Å². The molecule has 0 unspecified atom stereocenters. The Morgan fingerprint density at radius 3 is 2.22 bits per heavy atom. The van der Waals surface area contributed by atoms with E-state index in [1.54, 1.807) is 12.1 Å². The molecule has 0 atom stereocenters. The summed E-state index contributed by atoms with van der Waals surface area (Å²) in [5.41, 5.74) is 2.75. The van der Waals surface area contributed by atoms with Crippen LogP contribution in [-0.2, 0) is 16.6 Å². The molecule has 0 aromatic heterocycles. The normalized spacial score (nSPS) is 11.5. The summed E-state index contributed by atoms with van der Waals surface area (Å²) in [7, 11) is -3.82. The van der Waals surface area contributed by atoms with Crippen LogP contribution >= 0.6 is 0 Å². The number of halogens is 1. The predicted octanol–water partition coefficient (Wildman–Crippen LogP) is 4.75. The maximum Gasteiger partial charge on any atom is 0.251 e. The summed E-state index contributed by atoms with van der Waals surface area (Å²) in [6.07, 6.45) is 0.885. The molecule has 0 heterocycles. The van der Waals surface area contributed by atoms with Crippen molar-refractivity contribution in [3.05, 3.63) is 89.7 Å². The largest absolute Gasteiger partial charge is 0.352 e. The summed E-state index contributed by atoms with van der Waals surface area (Å²) in [5.74, 6) is -0.180. The van der Waals surface area contributed by atoms with E-state index in [1.165, 1.54) is 12.1 Å². The SMILES string of the molecule is CC(C)CCNC(=O)c1ccccc1-c1ccccc1CNS(=O)(=O)c1ccc(F)cc1. The van der Waals surface area contributed by atoms with Crippen LogP contribution in [0.5, 0.6) is 0 Å². The highest BCUT2D eigenvalue weighted by Gasteiger charge is 2.17. The molecule has 32 heavy (non-hydrogen) atoms. The van der Waals surface area contributed by atoms with Crippen LogP contribution in [0.15, 0.2) is 77.7 Å². The number of hydrogen-bond acceptors (Lipinski definition) is 3. The van der Waals surface area contributed by atoms with E-state index < -0.39 is 15.8 Å². The minimum atomic E-state index is -3.82. The molecule has 5 nitrogen and oxygen atoms in total. The Bertz CT molecular complexity index is 1180. The van der Waals surface area contributed by atoms with Gasteiger partial charge in [-0.05, 0) is 59.4 Å². The van der Waals surface area contributed by atoms with Gasteiger partial charge in [-0.1, -0.05) is 56.3 Å². The fourth-order valence-corrected chi connectivity index (χ4v) is 4.30. The quantitative estimate of drug-likeness (QED) is 0.490. The summed E-state index contributed by atoms with van der Waals surface area (Å²) in [6, 6.07) is 19.3. The average Bonchev–Trinajstić information content (AvgIpc) is 2.78. The van der Waals surface area contributed by atoms with Gasteiger partial charge in [0, 0.05) is 18.7 Å². The molecule has 3 aromatic carbocycles. The molecule has 7 heteroatoms. The third kappa shape index (κ3) is 6.02. The molecule has 0 bridgehead atoms. The lowest BCUT2D eigenvalue weighted by Crippen LogP contribution is -2.26. The third-order valence-corrected chi connectivity index (χ3v) is 6.48. The Morgan fingerprint density at radius 2 is 1.53 bits per heavy atom. The molecular formula is C25H27FN2O3S. The van der Waals surface area contributed by atoms with Crippen molar-refractivity contribution in [3.8, 4) is 11.1 Å². The van der Waals surface area contributed by atoms with Crippen LogP contribution in [0.3, 0.4) is 0 Å². The molecule has 0 aliphatic carbocycles. The molecule has 0 saturated carbocycles. The zero-order chi connectivity index (χ0) is 23.1. The lowest BCUT2D eigenvalue weighted by atomic mass is 9.95. The molecule has 3 rings (SSSR count). The number of amides is 1. The first kappa shape index (κ1) is 23.6. The van der Waals surface area contributed by atoms with Crippen LogP contribution < -0.4 is 10.0 Å². The highest BCUT2D eigenvalue weighted by atomic mass is 32.2. The van der Waals surface area contributed by atoms with Gasteiger partial charge in [0.05, 0.1) is 4.90 Å². The van der Waals surface area contributed by atoms with Crippen LogP contribution in [0, 0.1) is 11.7 Å². The van der Waals surface area contributed by atoms with Gasteiger partial charge in [0.15, 0.2) is 0 Å². The predicted molar refractivity (Wildman–Crippen MR) is 124 cm³/mol. The smallest absolute Gasteiger partial charge is 0.251 e. The maximum absolute atomic E-state index is 13.1. The Morgan fingerprint density at radius 1 is 0.906 bits per heavy atom. The van der Waals surface area contributed by atoms with Gasteiger partial charge in [-0.3, -0.25) is 4.79 Å². The Kier molecular flexibility index (Phi) is 7.77. The molecular weight excluding hydrogens is 427 g/mol. The van der Waals surface area contributed by atoms with Gasteiger partial charge in [0.2, 0.25) is 10.0 Å². The van der Waals surface area contributed by atoms with Crippen LogP contribution in [0.25, 0.3) is 11.1 Å². The Balaban J connectivity index is 1.84. The van der Waals surface area contributed by atoms with Crippen LogP contribution in [0.4, 0.5) is 4.39 Å². The molecule has 168 valence electrons. The molecule has 0 fully saturated rings. The summed E-state index contributed by atoms with van der Waals surface area (Å²) in [4.78, 5) is 12.8. The topological polar surface area (TPSA) is 75.3 Å². The van der Waals surface area contributed by atoms with E-state index in [0.29, 0.717) is 18.0 Å². The van der Waals surface area contributed by atoms with Gasteiger partial charge >= 0.3 is 0 Å². The molecule has 0 radical (unpaired) electrons. The second kappa shape index (κ2) is 10.5. The summed E-state index contributed by atoms with van der Waals surface area (Å²) in [5, 5.41) is 2.96. The maximum atomic E-state index is 13.1. The second-order valence-electron chi connectivity index (χ2n) is 7.92. The zero-order valence-electron chi connectivity index (χ0n) is 18.1. The lowest BCUT2D eigenvalue weighted by molar-refractivity contribution is 0.0952. The molecule has 1 amide bonds. The van der Waals surface area contributed by atoms with Crippen LogP contribution in [-0.4, -0.2) is 20.9 Å². The van der Waals surface area contributed by atoms with Crippen molar-refractivity contribution >= 4 is 15.9 Å². The van der Waals surface area contributed by atoms with Crippen molar-refractivity contribution in [2.24, 2.45) is 5.92 Å².